The monoisotopic (exact) mass is 270 g/mol. The first-order valence-corrected chi connectivity index (χ1v) is 6.10. The number of hydrogen-bond donors (Lipinski definition) is 2. The second-order valence-electron chi connectivity index (χ2n) is 4.70. The molecule has 0 radical (unpaired) electrons. The average molecular weight is 270 g/mol. The first-order chi connectivity index (χ1) is 9.01. The summed E-state index contributed by atoms with van der Waals surface area (Å²) < 4.78 is 30.9. The second-order valence-corrected chi connectivity index (χ2v) is 4.70. The summed E-state index contributed by atoms with van der Waals surface area (Å²) in [5, 5.41) is 2.65. The van der Waals surface area contributed by atoms with E-state index in [1.165, 1.54) is 6.07 Å². The Kier molecular flexibility index (Phi) is 4.11. The highest BCUT2D eigenvalue weighted by Crippen LogP contribution is 2.18. The van der Waals surface area contributed by atoms with Gasteiger partial charge in [-0.2, -0.15) is 0 Å². The summed E-state index contributed by atoms with van der Waals surface area (Å²) in [4.78, 5) is 12.0. The molecule has 1 fully saturated rings. The second kappa shape index (κ2) is 5.63. The van der Waals surface area contributed by atoms with Gasteiger partial charge in [0, 0.05) is 19.8 Å². The molecule has 1 heterocycles. The molecule has 1 aromatic rings. The van der Waals surface area contributed by atoms with Gasteiger partial charge in [-0.05, 0) is 30.5 Å². The first-order valence-electron chi connectivity index (χ1n) is 6.10. The van der Waals surface area contributed by atoms with E-state index < -0.39 is 17.2 Å². The van der Waals surface area contributed by atoms with Gasteiger partial charge in [-0.15, -0.1) is 0 Å². The van der Waals surface area contributed by atoms with Crippen molar-refractivity contribution in [2.75, 3.05) is 13.2 Å². The molecule has 6 heteroatoms. The lowest BCUT2D eigenvalue weighted by molar-refractivity contribution is -0.129. The number of halogens is 2. The van der Waals surface area contributed by atoms with Crippen LogP contribution in [-0.2, 0) is 16.1 Å². The van der Waals surface area contributed by atoms with Crippen molar-refractivity contribution in [3.8, 4) is 0 Å². The van der Waals surface area contributed by atoms with Gasteiger partial charge < -0.3 is 15.8 Å². The van der Waals surface area contributed by atoms with E-state index in [0.717, 1.165) is 12.1 Å². The van der Waals surface area contributed by atoms with E-state index in [1.54, 1.807) is 0 Å². The molecule has 1 saturated heterocycles. The molecule has 0 spiro atoms. The Morgan fingerprint density at radius 3 is 2.63 bits per heavy atom. The van der Waals surface area contributed by atoms with E-state index in [4.69, 9.17) is 10.5 Å². The van der Waals surface area contributed by atoms with Crippen LogP contribution in [0.4, 0.5) is 8.78 Å². The number of benzene rings is 1. The van der Waals surface area contributed by atoms with E-state index in [0.29, 0.717) is 31.6 Å². The Labute approximate surface area is 109 Å². The maximum atomic E-state index is 13.0. The topological polar surface area (TPSA) is 64.4 Å². The maximum Gasteiger partial charge on any atom is 0.240 e. The number of ether oxygens (including phenoxy) is 1. The van der Waals surface area contributed by atoms with Gasteiger partial charge in [-0.3, -0.25) is 4.79 Å². The zero-order valence-corrected chi connectivity index (χ0v) is 10.4. The van der Waals surface area contributed by atoms with Crippen LogP contribution in [0.25, 0.3) is 0 Å². The molecule has 104 valence electrons. The molecule has 0 atom stereocenters. The minimum atomic E-state index is -0.934. The van der Waals surface area contributed by atoms with Gasteiger partial charge in [0.2, 0.25) is 5.91 Å². The predicted octanol–water partition coefficient (Wildman–Crippen LogP) is 1.09. The normalized spacial score (nSPS) is 18.1. The van der Waals surface area contributed by atoms with E-state index in [9.17, 15) is 13.6 Å². The highest BCUT2D eigenvalue weighted by Gasteiger charge is 2.35. The van der Waals surface area contributed by atoms with Crippen molar-refractivity contribution >= 4 is 5.91 Å². The molecule has 1 aliphatic heterocycles. The van der Waals surface area contributed by atoms with Gasteiger partial charge in [-0.1, -0.05) is 6.07 Å². The Morgan fingerprint density at radius 1 is 1.32 bits per heavy atom. The molecule has 19 heavy (non-hydrogen) atoms. The number of nitrogens with one attached hydrogen (secondary N) is 1. The lowest BCUT2D eigenvalue weighted by Crippen LogP contribution is -2.56. The van der Waals surface area contributed by atoms with Crippen LogP contribution in [0.3, 0.4) is 0 Å². The average Bonchev–Trinajstić information content (AvgIpc) is 2.40. The summed E-state index contributed by atoms with van der Waals surface area (Å²) in [6, 6.07) is 3.51. The van der Waals surface area contributed by atoms with Crippen molar-refractivity contribution in [1.29, 1.82) is 0 Å². The summed E-state index contributed by atoms with van der Waals surface area (Å²) in [5.41, 5.74) is 5.55. The molecule has 1 aliphatic rings. The molecule has 3 N–H and O–H groups in total. The Bertz CT molecular complexity index is 474. The van der Waals surface area contributed by atoms with Crippen molar-refractivity contribution < 1.29 is 18.3 Å². The predicted molar refractivity (Wildman–Crippen MR) is 65.2 cm³/mol. The van der Waals surface area contributed by atoms with Gasteiger partial charge in [0.05, 0.1) is 5.54 Å². The number of carbonyl (C=O) groups is 1. The largest absolute Gasteiger partial charge is 0.381 e. The Balaban J connectivity index is 1.94. The van der Waals surface area contributed by atoms with Crippen LogP contribution in [0.5, 0.6) is 0 Å². The minimum absolute atomic E-state index is 0.121. The number of amides is 1. The van der Waals surface area contributed by atoms with Gasteiger partial charge in [0.1, 0.15) is 0 Å². The fourth-order valence-electron chi connectivity index (χ4n) is 1.97. The molecule has 1 amide bonds. The standard InChI is InChI=1S/C13H16F2N2O2/c14-10-2-1-9(7-11(10)15)8-17-12(18)13(16)3-5-19-6-4-13/h1-2,7H,3-6,8,16H2,(H,17,18). The summed E-state index contributed by atoms with van der Waals surface area (Å²) in [5.74, 6) is -2.13. The number of rotatable bonds is 3. The summed E-state index contributed by atoms with van der Waals surface area (Å²) in [6.07, 6.45) is 0.910. The molecule has 0 unspecified atom stereocenters. The number of nitrogens with two attached hydrogens (primary N) is 1. The molecule has 4 nitrogen and oxygen atoms in total. The van der Waals surface area contributed by atoms with Crippen molar-refractivity contribution in [2.24, 2.45) is 5.73 Å². The quantitative estimate of drug-likeness (QED) is 0.864. The highest BCUT2D eigenvalue weighted by molar-refractivity contribution is 5.86. The van der Waals surface area contributed by atoms with Crippen molar-refractivity contribution in [1.82, 2.24) is 5.32 Å². The SMILES string of the molecule is NC1(C(=O)NCc2ccc(F)c(F)c2)CCOCC1. The van der Waals surface area contributed by atoms with Crippen LogP contribution in [0.15, 0.2) is 18.2 Å². The smallest absolute Gasteiger partial charge is 0.240 e. The summed E-state index contributed by atoms with van der Waals surface area (Å²) >= 11 is 0. The van der Waals surface area contributed by atoms with Gasteiger partial charge in [-0.25, -0.2) is 8.78 Å². The number of hydrogen-bond acceptors (Lipinski definition) is 3. The first kappa shape index (κ1) is 13.9. The van der Waals surface area contributed by atoms with Gasteiger partial charge >= 0.3 is 0 Å². The van der Waals surface area contributed by atoms with E-state index in [-0.39, 0.29) is 12.5 Å². The molecule has 0 saturated carbocycles. The minimum Gasteiger partial charge on any atom is -0.381 e. The van der Waals surface area contributed by atoms with Crippen molar-refractivity contribution in [3.05, 3.63) is 35.4 Å². The third-order valence-corrected chi connectivity index (χ3v) is 3.27. The van der Waals surface area contributed by atoms with Crippen molar-refractivity contribution in [3.63, 3.8) is 0 Å². The van der Waals surface area contributed by atoms with E-state index >= 15 is 0 Å². The lowest BCUT2D eigenvalue weighted by Gasteiger charge is -2.31. The van der Waals surface area contributed by atoms with Crippen LogP contribution >= 0.6 is 0 Å². The van der Waals surface area contributed by atoms with E-state index in [2.05, 4.69) is 5.32 Å². The Morgan fingerprint density at radius 2 is 2.00 bits per heavy atom. The zero-order valence-electron chi connectivity index (χ0n) is 10.4. The molecule has 0 aliphatic carbocycles. The third kappa shape index (κ3) is 3.27. The maximum absolute atomic E-state index is 13.0. The molecular weight excluding hydrogens is 254 g/mol. The van der Waals surface area contributed by atoms with Crippen LogP contribution in [0.1, 0.15) is 18.4 Å². The molecular formula is C13H16F2N2O2. The number of carbonyl (C=O) groups excluding carboxylic acids is 1. The van der Waals surface area contributed by atoms with Gasteiger partial charge in [0.25, 0.3) is 0 Å². The molecule has 0 bridgehead atoms. The van der Waals surface area contributed by atoms with E-state index in [1.807, 2.05) is 0 Å². The van der Waals surface area contributed by atoms with Gasteiger partial charge in [0.15, 0.2) is 11.6 Å². The van der Waals surface area contributed by atoms with Crippen molar-refractivity contribution in [2.45, 2.75) is 24.9 Å². The Hall–Kier alpha value is -1.53. The molecule has 2 rings (SSSR count). The van der Waals surface area contributed by atoms with Crippen LogP contribution in [0, 0.1) is 11.6 Å². The summed E-state index contributed by atoms with van der Waals surface area (Å²) in [6.45, 7) is 1.03. The fourth-order valence-corrected chi connectivity index (χ4v) is 1.97. The summed E-state index contributed by atoms with van der Waals surface area (Å²) in [7, 11) is 0. The van der Waals surface area contributed by atoms with Crippen LogP contribution in [-0.4, -0.2) is 24.7 Å². The third-order valence-electron chi connectivity index (χ3n) is 3.27. The fraction of sp³-hybridized carbons (Fsp3) is 0.462. The molecule has 0 aromatic heterocycles. The highest BCUT2D eigenvalue weighted by atomic mass is 19.2. The zero-order chi connectivity index (χ0) is 13.9. The lowest BCUT2D eigenvalue weighted by atomic mass is 9.90. The van der Waals surface area contributed by atoms with Crippen LogP contribution < -0.4 is 11.1 Å². The van der Waals surface area contributed by atoms with Crippen LogP contribution in [0.2, 0.25) is 0 Å². The molecule has 1 aromatic carbocycles.